The molecular weight excluding hydrogens is 168 g/mol. The minimum absolute atomic E-state index is 0.156. The molecule has 0 radical (unpaired) electrons. The van der Waals surface area contributed by atoms with Crippen molar-refractivity contribution in [2.45, 2.75) is 31.7 Å². The van der Waals surface area contributed by atoms with Crippen LogP contribution in [0, 0.1) is 23.2 Å². The zero-order chi connectivity index (χ0) is 9.84. The molecule has 1 saturated carbocycles. The molecule has 0 spiro atoms. The number of aliphatic carboxylic acids is 1. The number of carbonyl (C=O) groups is 1. The van der Waals surface area contributed by atoms with Gasteiger partial charge in [0.2, 0.25) is 0 Å². The molecule has 0 saturated heterocycles. The largest absolute Gasteiger partial charge is 0.480 e. The Morgan fingerprint density at radius 2 is 2.15 bits per heavy atom. The summed E-state index contributed by atoms with van der Waals surface area (Å²) < 4.78 is 0. The smallest absolute Gasteiger partial charge is 0.320 e. The molecular formula is C9H14N2O2. The molecule has 1 aliphatic rings. The molecule has 0 aliphatic heterocycles. The second kappa shape index (κ2) is 4.24. The number of nitriles is 1. The van der Waals surface area contributed by atoms with Crippen molar-refractivity contribution in [3.8, 4) is 6.07 Å². The van der Waals surface area contributed by atoms with Gasteiger partial charge in [0.15, 0.2) is 0 Å². The Hall–Kier alpha value is -1.08. The number of carboxylic acids is 1. The summed E-state index contributed by atoms with van der Waals surface area (Å²) >= 11 is 0. The maximum atomic E-state index is 10.6. The molecule has 3 N–H and O–H groups in total. The Morgan fingerprint density at radius 3 is 2.69 bits per heavy atom. The lowest BCUT2D eigenvalue weighted by Crippen LogP contribution is -2.42. The van der Waals surface area contributed by atoms with Crippen LogP contribution in [0.15, 0.2) is 0 Å². The fourth-order valence-corrected chi connectivity index (χ4v) is 1.93. The Balaban J connectivity index is 2.65. The van der Waals surface area contributed by atoms with Crippen LogP contribution >= 0.6 is 0 Å². The molecule has 72 valence electrons. The summed E-state index contributed by atoms with van der Waals surface area (Å²) in [5.41, 5.74) is 5.51. The molecule has 1 aliphatic carbocycles. The minimum atomic E-state index is -0.993. The third kappa shape index (κ3) is 2.19. The lowest BCUT2D eigenvalue weighted by Gasteiger charge is -2.29. The van der Waals surface area contributed by atoms with Crippen molar-refractivity contribution >= 4 is 5.97 Å². The molecule has 0 aromatic carbocycles. The Labute approximate surface area is 77.3 Å². The third-order valence-corrected chi connectivity index (χ3v) is 2.73. The number of nitrogens with zero attached hydrogens (tertiary/aromatic N) is 1. The summed E-state index contributed by atoms with van der Waals surface area (Å²) in [6.07, 6.45) is 3.57. The highest BCUT2D eigenvalue weighted by molar-refractivity contribution is 5.73. The van der Waals surface area contributed by atoms with E-state index in [1.54, 1.807) is 0 Å². The van der Waals surface area contributed by atoms with Gasteiger partial charge >= 0.3 is 5.97 Å². The summed E-state index contributed by atoms with van der Waals surface area (Å²) in [7, 11) is 0. The summed E-state index contributed by atoms with van der Waals surface area (Å²) in [5.74, 6) is -1.32. The van der Waals surface area contributed by atoms with Gasteiger partial charge in [-0.25, -0.2) is 0 Å². The normalized spacial score (nSPS) is 30.5. The molecule has 0 amide bonds. The molecule has 13 heavy (non-hydrogen) atoms. The fraction of sp³-hybridized carbons (Fsp3) is 0.778. The van der Waals surface area contributed by atoms with E-state index in [9.17, 15) is 4.79 Å². The summed E-state index contributed by atoms with van der Waals surface area (Å²) in [6.45, 7) is 0. The highest BCUT2D eigenvalue weighted by Crippen LogP contribution is 2.31. The maximum absolute atomic E-state index is 10.6. The van der Waals surface area contributed by atoms with Gasteiger partial charge in [0.1, 0.15) is 6.04 Å². The number of nitrogens with two attached hydrogens (primary N) is 1. The van der Waals surface area contributed by atoms with Gasteiger partial charge in [0.05, 0.1) is 12.0 Å². The van der Waals surface area contributed by atoms with E-state index in [-0.39, 0.29) is 11.8 Å². The highest BCUT2D eigenvalue weighted by atomic mass is 16.4. The van der Waals surface area contributed by atoms with E-state index in [4.69, 9.17) is 16.1 Å². The molecule has 1 fully saturated rings. The standard InChI is InChI=1S/C9H14N2O2/c10-5-6-3-1-2-4-7(6)8(11)9(12)13/h6-8H,1-4,11H2,(H,12,13)/t6?,7?,8-/m0/s1. The Bertz CT molecular complexity index is 234. The van der Waals surface area contributed by atoms with Gasteiger partial charge in [0, 0.05) is 5.92 Å². The van der Waals surface area contributed by atoms with E-state index >= 15 is 0 Å². The summed E-state index contributed by atoms with van der Waals surface area (Å²) in [6, 6.07) is 1.28. The van der Waals surface area contributed by atoms with Crippen molar-refractivity contribution in [1.82, 2.24) is 0 Å². The van der Waals surface area contributed by atoms with Crippen LogP contribution in [0.1, 0.15) is 25.7 Å². The molecule has 3 atom stereocenters. The highest BCUT2D eigenvalue weighted by Gasteiger charge is 2.33. The molecule has 1 rings (SSSR count). The first kappa shape index (κ1) is 10.0. The van der Waals surface area contributed by atoms with E-state index < -0.39 is 12.0 Å². The van der Waals surface area contributed by atoms with Crippen LogP contribution in [0.3, 0.4) is 0 Å². The van der Waals surface area contributed by atoms with E-state index in [0.717, 1.165) is 25.7 Å². The quantitative estimate of drug-likeness (QED) is 0.659. The predicted molar refractivity (Wildman–Crippen MR) is 46.7 cm³/mol. The van der Waals surface area contributed by atoms with Crippen molar-refractivity contribution < 1.29 is 9.90 Å². The van der Waals surface area contributed by atoms with Crippen LogP contribution in [0.25, 0.3) is 0 Å². The molecule has 0 aromatic rings. The van der Waals surface area contributed by atoms with Crippen LogP contribution < -0.4 is 5.73 Å². The monoisotopic (exact) mass is 182 g/mol. The second-order valence-corrected chi connectivity index (χ2v) is 3.55. The van der Waals surface area contributed by atoms with Crippen molar-refractivity contribution in [2.75, 3.05) is 0 Å². The first-order valence-corrected chi connectivity index (χ1v) is 4.55. The van der Waals surface area contributed by atoms with Crippen LogP contribution in [0.5, 0.6) is 0 Å². The molecule has 0 bridgehead atoms. The van der Waals surface area contributed by atoms with Gasteiger partial charge < -0.3 is 10.8 Å². The van der Waals surface area contributed by atoms with E-state index in [1.165, 1.54) is 0 Å². The topological polar surface area (TPSA) is 87.1 Å². The summed E-state index contributed by atoms with van der Waals surface area (Å²) in [4.78, 5) is 10.6. The number of rotatable bonds is 2. The first-order valence-electron chi connectivity index (χ1n) is 4.55. The van der Waals surface area contributed by atoms with Gasteiger partial charge in [-0.1, -0.05) is 12.8 Å². The lowest BCUT2D eigenvalue weighted by molar-refractivity contribution is -0.140. The Morgan fingerprint density at radius 1 is 1.54 bits per heavy atom. The lowest BCUT2D eigenvalue weighted by atomic mass is 9.76. The third-order valence-electron chi connectivity index (χ3n) is 2.73. The maximum Gasteiger partial charge on any atom is 0.320 e. The van der Waals surface area contributed by atoms with Gasteiger partial charge in [-0.15, -0.1) is 0 Å². The predicted octanol–water partition coefficient (Wildman–Crippen LogP) is 0.728. The SMILES string of the molecule is N#CC1CCCCC1[C@H](N)C(=O)O. The second-order valence-electron chi connectivity index (χ2n) is 3.55. The summed E-state index contributed by atoms with van der Waals surface area (Å²) in [5, 5.41) is 17.5. The van der Waals surface area contributed by atoms with Gasteiger partial charge in [0.25, 0.3) is 0 Å². The van der Waals surface area contributed by atoms with Crippen molar-refractivity contribution in [3.63, 3.8) is 0 Å². The average Bonchev–Trinajstić information content (AvgIpc) is 2.16. The van der Waals surface area contributed by atoms with Crippen LogP contribution in [-0.2, 0) is 4.79 Å². The molecule has 0 heterocycles. The Kier molecular flexibility index (Phi) is 3.26. The molecule has 4 heteroatoms. The zero-order valence-corrected chi connectivity index (χ0v) is 7.44. The number of carboxylic acid groups (broad SMARTS) is 1. The van der Waals surface area contributed by atoms with Crippen LogP contribution in [0.4, 0.5) is 0 Å². The van der Waals surface area contributed by atoms with E-state index in [0.29, 0.717) is 0 Å². The number of hydrogen-bond donors (Lipinski definition) is 2. The van der Waals surface area contributed by atoms with Crippen molar-refractivity contribution in [3.05, 3.63) is 0 Å². The van der Waals surface area contributed by atoms with Crippen molar-refractivity contribution in [1.29, 1.82) is 5.26 Å². The van der Waals surface area contributed by atoms with Crippen LogP contribution in [-0.4, -0.2) is 17.1 Å². The molecule has 2 unspecified atom stereocenters. The number of hydrogen-bond acceptors (Lipinski definition) is 3. The van der Waals surface area contributed by atoms with E-state index in [2.05, 4.69) is 6.07 Å². The van der Waals surface area contributed by atoms with Crippen LogP contribution in [0.2, 0.25) is 0 Å². The minimum Gasteiger partial charge on any atom is -0.480 e. The van der Waals surface area contributed by atoms with Gasteiger partial charge in [-0.05, 0) is 12.8 Å². The van der Waals surface area contributed by atoms with E-state index in [1.807, 2.05) is 0 Å². The first-order chi connectivity index (χ1) is 6.16. The average molecular weight is 182 g/mol. The molecule has 4 nitrogen and oxygen atoms in total. The van der Waals surface area contributed by atoms with Crippen molar-refractivity contribution in [2.24, 2.45) is 17.6 Å². The van der Waals surface area contributed by atoms with Gasteiger partial charge in [-0.3, -0.25) is 4.79 Å². The fourth-order valence-electron chi connectivity index (χ4n) is 1.93. The molecule has 0 aromatic heterocycles. The van der Waals surface area contributed by atoms with Gasteiger partial charge in [-0.2, -0.15) is 5.26 Å². The zero-order valence-electron chi connectivity index (χ0n) is 7.44.